The van der Waals surface area contributed by atoms with Gasteiger partial charge in [0.2, 0.25) is 0 Å². The second-order valence-electron chi connectivity index (χ2n) is 8.12. The number of thiazole rings is 1. The van der Waals surface area contributed by atoms with Crippen molar-refractivity contribution in [2.75, 3.05) is 19.1 Å². The first-order valence-electron chi connectivity index (χ1n) is 11.0. The summed E-state index contributed by atoms with van der Waals surface area (Å²) < 4.78 is 10.7. The zero-order chi connectivity index (χ0) is 26.3. The van der Waals surface area contributed by atoms with Crippen LogP contribution in [0.3, 0.4) is 0 Å². The molecule has 1 aliphatic rings. The largest absolute Gasteiger partial charge is 0.507 e. The minimum atomic E-state index is -0.996. The lowest BCUT2D eigenvalue weighted by Crippen LogP contribution is -2.29. The van der Waals surface area contributed by atoms with Crippen molar-refractivity contribution < 1.29 is 29.0 Å². The second kappa shape index (κ2) is 9.68. The van der Waals surface area contributed by atoms with Gasteiger partial charge in [-0.05, 0) is 60.2 Å². The Hall–Kier alpha value is -4.21. The first-order valence-corrected chi connectivity index (χ1v) is 12.2. The number of ketones is 1. The zero-order valence-corrected chi connectivity index (χ0v) is 21.2. The van der Waals surface area contributed by atoms with E-state index < -0.39 is 23.7 Å². The molecule has 4 aromatic rings. The fraction of sp³-hybridized carbons (Fsp3) is 0.111. The highest BCUT2D eigenvalue weighted by molar-refractivity contribution is 7.22. The number of amides is 1. The SMILES string of the molecule is COC(=O)c1ccc(C2/C(=C(\O)c3ccc(OC)cc3)C(=O)C(=O)N2c2nc3ccc(Cl)cc3s2)cc1. The normalized spacial score (nSPS) is 16.8. The van der Waals surface area contributed by atoms with Gasteiger partial charge in [0.05, 0.1) is 41.6 Å². The maximum atomic E-state index is 13.4. The molecule has 1 fully saturated rings. The summed E-state index contributed by atoms with van der Waals surface area (Å²) in [5, 5.41) is 12.0. The number of rotatable bonds is 5. The van der Waals surface area contributed by atoms with Gasteiger partial charge in [0.15, 0.2) is 5.13 Å². The van der Waals surface area contributed by atoms with Crippen LogP contribution >= 0.6 is 22.9 Å². The smallest absolute Gasteiger partial charge is 0.337 e. The van der Waals surface area contributed by atoms with Gasteiger partial charge in [-0.15, -0.1) is 0 Å². The zero-order valence-electron chi connectivity index (χ0n) is 19.6. The van der Waals surface area contributed by atoms with Crippen LogP contribution in [0.2, 0.25) is 5.02 Å². The van der Waals surface area contributed by atoms with Crippen molar-refractivity contribution in [3.05, 3.63) is 94.0 Å². The van der Waals surface area contributed by atoms with E-state index in [1.165, 1.54) is 42.6 Å². The number of hydrogen-bond donors (Lipinski definition) is 1. The van der Waals surface area contributed by atoms with E-state index in [4.69, 9.17) is 21.1 Å². The molecule has 10 heteroatoms. The van der Waals surface area contributed by atoms with Crippen molar-refractivity contribution in [2.45, 2.75) is 6.04 Å². The van der Waals surface area contributed by atoms with Crippen LogP contribution < -0.4 is 9.64 Å². The number of benzene rings is 3. The summed E-state index contributed by atoms with van der Waals surface area (Å²) in [6.45, 7) is 0. The van der Waals surface area contributed by atoms with Crippen LogP contribution in [-0.2, 0) is 14.3 Å². The molecule has 1 saturated heterocycles. The molecule has 1 atom stereocenters. The first-order chi connectivity index (χ1) is 17.8. The fourth-order valence-electron chi connectivity index (χ4n) is 4.16. The predicted octanol–water partition coefficient (Wildman–Crippen LogP) is 5.37. The number of hydrogen-bond acceptors (Lipinski definition) is 8. The van der Waals surface area contributed by atoms with Gasteiger partial charge < -0.3 is 14.6 Å². The standard InChI is InChI=1S/C27H19ClN2O6S/c1-35-18-10-7-15(8-11-18)23(31)21-22(14-3-5-16(6-4-14)26(34)36-2)30(25(33)24(21)32)27-29-19-12-9-17(28)13-20(19)37-27/h3-13,22,31H,1-2H3/b23-21+. The lowest BCUT2D eigenvalue weighted by Gasteiger charge is -2.23. The number of aliphatic hydroxyl groups excluding tert-OH is 1. The Morgan fingerprint density at radius 2 is 1.68 bits per heavy atom. The number of halogens is 1. The molecule has 186 valence electrons. The monoisotopic (exact) mass is 534 g/mol. The van der Waals surface area contributed by atoms with Crippen molar-refractivity contribution in [1.82, 2.24) is 4.98 Å². The molecule has 1 amide bonds. The van der Waals surface area contributed by atoms with Crippen LogP contribution in [0.1, 0.15) is 27.5 Å². The second-order valence-corrected chi connectivity index (χ2v) is 9.57. The van der Waals surface area contributed by atoms with Gasteiger partial charge in [-0.1, -0.05) is 35.1 Å². The molecule has 37 heavy (non-hydrogen) atoms. The third kappa shape index (κ3) is 4.32. The number of esters is 1. The van der Waals surface area contributed by atoms with E-state index in [9.17, 15) is 19.5 Å². The number of nitrogens with zero attached hydrogens (tertiary/aromatic N) is 2. The number of carbonyl (C=O) groups excluding carboxylic acids is 3. The van der Waals surface area contributed by atoms with Gasteiger partial charge >= 0.3 is 11.9 Å². The number of anilines is 1. The van der Waals surface area contributed by atoms with Gasteiger partial charge in [0.1, 0.15) is 11.5 Å². The number of Topliss-reactive ketones (excluding diaryl/α,β-unsaturated/α-hetero) is 1. The lowest BCUT2D eigenvalue weighted by atomic mass is 9.94. The Balaban J connectivity index is 1.69. The Morgan fingerprint density at radius 1 is 1.00 bits per heavy atom. The van der Waals surface area contributed by atoms with E-state index in [1.807, 2.05) is 0 Å². The minimum Gasteiger partial charge on any atom is -0.507 e. The average molecular weight is 535 g/mol. The van der Waals surface area contributed by atoms with Crippen molar-refractivity contribution in [3.8, 4) is 5.75 Å². The minimum absolute atomic E-state index is 0.0988. The quantitative estimate of drug-likeness (QED) is 0.159. The van der Waals surface area contributed by atoms with Gasteiger partial charge in [0.25, 0.3) is 5.78 Å². The van der Waals surface area contributed by atoms with Crippen LogP contribution in [0.5, 0.6) is 5.75 Å². The average Bonchev–Trinajstić information content (AvgIpc) is 3.45. The highest BCUT2D eigenvalue weighted by Crippen LogP contribution is 2.44. The summed E-state index contributed by atoms with van der Waals surface area (Å²) in [7, 11) is 2.79. The molecule has 1 N–H and O–H groups in total. The summed E-state index contributed by atoms with van der Waals surface area (Å²) in [6.07, 6.45) is 0. The topological polar surface area (TPSA) is 106 Å². The third-order valence-corrected chi connectivity index (χ3v) is 7.25. The van der Waals surface area contributed by atoms with Crippen molar-refractivity contribution in [2.24, 2.45) is 0 Å². The van der Waals surface area contributed by atoms with Gasteiger partial charge in [-0.25, -0.2) is 9.78 Å². The van der Waals surface area contributed by atoms with Crippen LogP contribution in [0.4, 0.5) is 5.13 Å². The van der Waals surface area contributed by atoms with Crippen molar-refractivity contribution >= 4 is 61.7 Å². The molecule has 1 aromatic heterocycles. The molecule has 5 rings (SSSR count). The summed E-state index contributed by atoms with van der Waals surface area (Å²) in [6, 6.07) is 16.9. The Labute approximate surface area is 220 Å². The van der Waals surface area contributed by atoms with E-state index in [0.29, 0.717) is 33.0 Å². The molecule has 0 bridgehead atoms. The van der Waals surface area contributed by atoms with Gasteiger partial charge in [-0.2, -0.15) is 0 Å². The van der Waals surface area contributed by atoms with Gasteiger partial charge in [-0.3, -0.25) is 14.5 Å². The molecule has 0 spiro atoms. The maximum Gasteiger partial charge on any atom is 0.337 e. The summed E-state index contributed by atoms with van der Waals surface area (Å²) >= 11 is 7.33. The predicted molar refractivity (Wildman–Crippen MR) is 140 cm³/mol. The molecule has 2 heterocycles. The lowest BCUT2D eigenvalue weighted by molar-refractivity contribution is -0.132. The number of aliphatic hydroxyl groups is 1. The third-order valence-electron chi connectivity index (χ3n) is 6.00. The van der Waals surface area contributed by atoms with Crippen molar-refractivity contribution in [1.29, 1.82) is 0 Å². The molecule has 0 radical (unpaired) electrons. The summed E-state index contributed by atoms with van der Waals surface area (Å²) in [5.74, 6) is -1.98. The molecular weight excluding hydrogens is 516 g/mol. The van der Waals surface area contributed by atoms with E-state index in [2.05, 4.69) is 4.98 Å². The van der Waals surface area contributed by atoms with Crippen LogP contribution in [0, 0.1) is 0 Å². The molecule has 0 saturated carbocycles. The number of carbonyl (C=O) groups is 3. The van der Waals surface area contributed by atoms with Crippen LogP contribution in [-0.4, -0.2) is 42.0 Å². The summed E-state index contributed by atoms with van der Waals surface area (Å²) in [5.41, 5.74) is 1.65. The number of aromatic nitrogens is 1. The molecule has 1 unspecified atom stereocenters. The van der Waals surface area contributed by atoms with Gasteiger partial charge in [0, 0.05) is 10.6 Å². The molecule has 8 nitrogen and oxygen atoms in total. The Kier molecular flexibility index (Phi) is 6.41. The number of fused-ring (bicyclic) bond motifs is 1. The molecule has 0 aliphatic carbocycles. The van der Waals surface area contributed by atoms with Crippen molar-refractivity contribution in [3.63, 3.8) is 0 Å². The molecular formula is C27H19ClN2O6S. The van der Waals surface area contributed by atoms with E-state index >= 15 is 0 Å². The highest BCUT2D eigenvalue weighted by Gasteiger charge is 2.48. The van der Waals surface area contributed by atoms with E-state index in [-0.39, 0.29) is 16.5 Å². The number of methoxy groups -OCH3 is 2. The van der Waals surface area contributed by atoms with E-state index in [0.717, 1.165) is 4.70 Å². The molecule has 3 aromatic carbocycles. The first kappa shape index (κ1) is 24.5. The van der Waals surface area contributed by atoms with Crippen LogP contribution in [0.25, 0.3) is 16.0 Å². The highest BCUT2D eigenvalue weighted by atomic mass is 35.5. The maximum absolute atomic E-state index is 13.4. The summed E-state index contributed by atoms with van der Waals surface area (Å²) in [4.78, 5) is 44.5. The Bertz CT molecular complexity index is 1580. The fourth-order valence-corrected chi connectivity index (χ4v) is 5.43. The number of ether oxygens (including phenoxy) is 2. The molecule has 1 aliphatic heterocycles. The Morgan fingerprint density at radius 3 is 2.32 bits per heavy atom. The van der Waals surface area contributed by atoms with Crippen LogP contribution in [0.15, 0.2) is 72.3 Å². The van der Waals surface area contributed by atoms with E-state index in [1.54, 1.807) is 54.6 Å².